The van der Waals surface area contributed by atoms with Crippen LogP contribution in [0.1, 0.15) is 46.5 Å². The lowest BCUT2D eigenvalue weighted by atomic mass is 10.4. The maximum atomic E-state index is 10.9. The van der Waals surface area contributed by atoms with E-state index in [9.17, 15) is 4.57 Å². The predicted octanol–water partition coefficient (Wildman–Crippen LogP) is 3.34. The van der Waals surface area contributed by atoms with Gasteiger partial charge in [-0.15, -0.1) is 0 Å². The third-order valence-corrected chi connectivity index (χ3v) is 3.50. The van der Waals surface area contributed by atoms with Gasteiger partial charge in [0.15, 0.2) is 0 Å². The van der Waals surface area contributed by atoms with E-state index >= 15 is 0 Å². The lowest BCUT2D eigenvalue weighted by Gasteiger charge is -2.03. The van der Waals surface area contributed by atoms with E-state index in [4.69, 9.17) is 9.05 Å². The van der Waals surface area contributed by atoms with Gasteiger partial charge in [0.1, 0.15) is 12.4 Å². The molecule has 0 aromatic carbocycles. The summed E-state index contributed by atoms with van der Waals surface area (Å²) in [6.45, 7) is 8.43. The number of hydrogen-bond donors (Lipinski definition) is 0. The molecule has 0 aliphatic carbocycles. The molecule has 0 spiro atoms. The summed E-state index contributed by atoms with van der Waals surface area (Å²) < 4.78 is 25.0. The topological polar surface area (TPSA) is 44.3 Å². The van der Waals surface area contributed by atoms with Gasteiger partial charge in [0, 0.05) is 0 Å². The Balaban J connectivity index is 0.000000388. The zero-order valence-corrected chi connectivity index (χ0v) is 14.3. The molecule has 0 unspecified atom stereocenters. The van der Waals surface area contributed by atoms with E-state index in [1.165, 1.54) is 0 Å². The Labute approximate surface area is 123 Å². The van der Waals surface area contributed by atoms with Gasteiger partial charge in [-0.3, -0.25) is 4.57 Å². The van der Waals surface area contributed by atoms with Crippen LogP contribution in [-0.2, 0) is 27.2 Å². The first-order chi connectivity index (χ1) is 9.63. The number of imidazole rings is 1. The molecule has 0 aliphatic heterocycles. The van der Waals surface area contributed by atoms with Crippen molar-refractivity contribution in [2.24, 2.45) is 7.05 Å². The second kappa shape index (κ2) is 13.3. The summed E-state index contributed by atoms with van der Waals surface area (Å²) >= 11 is 0. The first-order valence-corrected chi connectivity index (χ1v) is 8.67. The minimum Gasteiger partial charge on any atom is -0.311 e. The largest absolute Gasteiger partial charge is 0.319 e. The van der Waals surface area contributed by atoms with Crippen LogP contribution < -0.4 is 4.57 Å². The molecule has 6 heteroatoms. The maximum absolute atomic E-state index is 10.9. The van der Waals surface area contributed by atoms with Crippen molar-refractivity contribution in [2.45, 2.75) is 53.0 Å². The minimum absolute atomic E-state index is 0.556. The average molecular weight is 305 g/mol. The Kier molecular flexibility index (Phi) is 12.9. The number of nitrogens with zero attached hydrogens (tertiary/aromatic N) is 2. The molecule has 0 radical (unpaired) electrons. The van der Waals surface area contributed by atoms with Crippen LogP contribution in [0.3, 0.4) is 0 Å². The van der Waals surface area contributed by atoms with Crippen molar-refractivity contribution in [1.29, 1.82) is 0 Å². The molecule has 1 aromatic rings. The highest BCUT2D eigenvalue weighted by Crippen LogP contribution is 2.24. The summed E-state index contributed by atoms with van der Waals surface area (Å²) in [6, 6.07) is 0. The molecule has 0 saturated heterocycles. The number of rotatable bonds is 9. The molecule has 118 valence electrons. The number of unbranched alkanes of at least 4 members (excludes halogenated alkanes) is 2. The van der Waals surface area contributed by atoms with Gasteiger partial charge < -0.3 is 9.05 Å². The zero-order valence-electron chi connectivity index (χ0n) is 13.3. The number of aryl methyl sites for hydroxylation is 2. The highest BCUT2D eigenvalue weighted by Gasteiger charge is 1.97. The van der Waals surface area contributed by atoms with Crippen molar-refractivity contribution >= 4 is 8.25 Å². The Morgan fingerprint density at radius 1 is 1.10 bits per heavy atom. The molecule has 1 rings (SSSR count). The van der Waals surface area contributed by atoms with Crippen LogP contribution in [0.15, 0.2) is 18.7 Å². The quantitative estimate of drug-likeness (QED) is 0.399. The molecule has 0 fully saturated rings. The standard InChI is InChI=1S/C8H19O3P.C6H11N2/c1-3-5-7-10-12(9)11-8-6-4-2;1-3-8-5-4-7(2)6-8/h12H,3-8H2,1-2H3;4-6H,3H2,1-2H3/q;+1. The molecule has 0 atom stereocenters. The van der Waals surface area contributed by atoms with Crippen LogP contribution in [0.4, 0.5) is 0 Å². The fourth-order valence-corrected chi connectivity index (χ4v) is 2.04. The van der Waals surface area contributed by atoms with Crippen molar-refractivity contribution in [2.75, 3.05) is 13.2 Å². The highest BCUT2D eigenvalue weighted by atomic mass is 31.1. The molecule has 1 aromatic heterocycles. The summed E-state index contributed by atoms with van der Waals surface area (Å²) in [4.78, 5) is 0. The average Bonchev–Trinajstić information content (AvgIpc) is 2.86. The lowest BCUT2D eigenvalue weighted by Crippen LogP contribution is -2.28. The number of aromatic nitrogens is 2. The van der Waals surface area contributed by atoms with Gasteiger partial charge in [-0.1, -0.05) is 26.7 Å². The predicted molar refractivity (Wildman–Crippen MR) is 82.0 cm³/mol. The molecule has 5 nitrogen and oxygen atoms in total. The molecular formula is C14H30N2O3P+. The molecule has 0 saturated carbocycles. The van der Waals surface area contributed by atoms with Crippen molar-refractivity contribution in [3.63, 3.8) is 0 Å². The molecule has 1 heterocycles. The van der Waals surface area contributed by atoms with Gasteiger partial charge in [0.05, 0.1) is 26.8 Å². The molecule has 0 N–H and O–H groups in total. The van der Waals surface area contributed by atoms with Crippen LogP contribution in [0.5, 0.6) is 0 Å². The molecule has 0 aliphatic rings. The van der Waals surface area contributed by atoms with Crippen LogP contribution in [0.2, 0.25) is 0 Å². The zero-order chi connectivity index (χ0) is 15.2. The minimum atomic E-state index is -2.18. The molecule has 20 heavy (non-hydrogen) atoms. The fraction of sp³-hybridized carbons (Fsp3) is 0.786. The van der Waals surface area contributed by atoms with Gasteiger partial charge in [0.25, 0.3) is 0 Å². The van der Waals surface area contributed by atoms with Crippen LogP contribution >= 0.6 is 8.25 Å². The smallest absolute Gasteiger partial charge is 0.311 e. The van der Waals surface area contributed by atoms with Crippen molar-refractivity contribution in [3.05, 3.63) is 18.7 Å². The first kappa shape index (κ1) is 19.4. The Morgan fingerprint density at radius 3 is 1.95 bits per heavy atom. The fourth-order valence-electron chi connectivity index (χ4n) is 1.33. The van der Waals surface area contributed by atoms with E-state index < -0.39 is 8.25 Å². The highest BCUT2D eigenvalue weighted by molar-refractivity contribution is 7.33. The monoisotopic (exact) mass is 305 g/mol. The third-order valence-electron chi connectivity index (χ3n) is 2.62. The van der Waals surface area contributed by atoms with Crippen LogP contribution in [-0.4, -0.2) is 17.8 Å². The summed E-state index contributed by atoms with van der Waals surface area (Å²) in [5, 5.41) is 0. The van der Waals surface area contributed by atoms with Gasteiger partial charge >= 0.3 is 8.25 Å². The van der Waals surface area contributed by atoms with Gasteiger partial charge in [-0.25, -0.2) is 9.13 Å². The van der Waals surface area contributed by atoms with Crippen molar-refractivity contribution in [3.8, 4) is 0 Å². The first-order valence-electron chi connectivity index (χ1n) is 7.44. The van der Waals surface area contributed by atoms with Crippen molar-refractivity contribution in [1.82, 2.24) is 4.57 Å². The molecule has 0 amide bonds. The summed E-state index contributed by atoms with van der Waals surface area (Å²) in [5.74, 6) is 0. The van der Waals surface area contributed by atoms with Crippen LogP contribution in [0.25, 0.3) is 0 Å². The molecular weight excluding hydrogens is 275 g/mol. The van der Waals surface area contributed by atoms with E-state index in [1.807, 2.05) is 17.8 Å². The SMILES string of the molecule is CCCCO[PH](=O)OCCCC.CC[n+]1ccn(C)c1. The van der Waals surface area contributed by atoms with Gasteiger partial charge in [0.2, 0.25) is 6.33 Å². The summed E-state index contributed by atoms with van der Waals surface area (Å²) in [7, 11) is -0.165. The Hall–Kier alpha value is -0.640. The normalized spacial score (nSPS) is 10.4. The van der Waals surface area contributed by atoms with Gasteiger partial charge in [-0.05, 0) is 19.8 Å². The summed E-state index contributed by atoms with van der Waals surface area (Å²) in [6.07, 6.45) is 10.2. The number of hydrogen-bond acceptors (Lipinski definition) is 3. The summed E-state index contributed by atoms with van der Waals surface area (Å²) in [5.41, 5.74) is 0. The third kappa shape index (κ3) is 11.2. The Morgan fingerprint density at radius 2 is 1.65 bits per heavy atom. The maximum Gasteiger partial charge on any atom is 0.319 e. The van der Waals surface area contributed by atoms with E-state index in [0.717, 1.165) is 32.2 Å². The van der Waals surface area contributed by atoms with E-state index in [0.29, 0.717) is 13.2 Å². The second-order valence-electron chi connectivity index (χ2n) is 4.56. The Bertz CT molecular complexity index is 344. The lowest BCUT2D eigenvalue weighted by molar-refractivity contribution is -0.693. The molecule has 0 bridgehead atoms. The van der Waals surface area contributed by atoms with Crippen LogP contribution in [0, 0.1) is 0 Å². The second-order valence-corrected chi connectivity index (χ2v) is 5.64. The van der Waals surface area contributed by atoms with E-state index in [1.54, 1.807) is 0 Å². The van der Waals surface area contributed by atoms with E-state index in [-0.39, 0.29) is 0 Å². The van der Waals surface area contributed by atoms with Gasteiger partial charge in [-0.2, -0.15) is 0 Å². The van der Waals surface area contributed by atoms with E-state index in [2.05, 4.69) is 37.9 Å². The van der Waals surface area contributed by atoms with Crippen molar-refractivity contribution < 1.29 is 18.2 Å².